The molecule has 2 amide bonds. The van der Waals surface area contributed by atoms with Crippen molar-refractivity contribution < 1.29 is 4.79 Å². The van der Waals surface area contributed by atoms with Gasteiger partial charge in [0.05, 0.1) is 0 Å². The Morgan fingerprint density at radius 1 is 1.28 bits per heavy atom. The van der Waals surface area contributed by atoms with Gasteiger partial charge in [0.15, 0.2) is 0 Å². The number of hydrogen-bond donors (Lipinski definition) is 2. The van der Waals surface area contributed by atoms with Crippen LogP contribution < -0.4 is 10.6 Å². The number of hydrogen-bond acceptors (Lipinski definition) is 2. The summed E-state index contributed by atoms with van der Waals surface area (Å²) in [7, 11) is 1.65. The number of nitrogens with one attached hydrogen (secondary N) is 2. The van der Waals surface area contributed by atoms with Gasteiger partial charge < -0.3 is 10.6 Å². The van der Waals surface area contributed by atoms with E-state index in [1.807, 2.05) is 6.07 Å². The van der Waals surface area contributed by atoms with Crippen molar-refractivity contribution in [1.29, 1.82) is 0 Å². The maximum Gasteiger partial charge on any atom is 0.314 e. The summed E-state index contributed by atoms with van der Waals surface area (Å²) in [4.78, 5) is 13.7. The highest BCUT2D eigenvalue weighted by atomic mass is 16.2. The Hall–Kier alpha value is -1.55. The van der Waals surface area contributed by atoms with Crippen LogP contribution in [0.4, 0.5) is 4.79 Å². The van der Waals surface area contributed by atoms with Crippen LogP contribution in [-0.4, -0.2) is 37.1 Å². The standard InChI is InChI=1S/C14H21N3O/c1-15-14(18)16-13-7-9-17(10-8-13)11-12-5-3-2-4-6-12/h2-6,13H,7-11H2,1H3,(H2,15,16,18). The smallest absolute Gasteiger partial charge is 0.314 e. The number of nitrogens with zero attached hydrogens (tertiary/aromatic N) is 1. The zero-order valence-corrected chi connectivity index (χ0v) is 10.9. The van der Waals surface area contributed by atoms with Crippen LogP contribution in [0, 0.1) is 0 Å². The van der Waals surface area contributed by atoms with Crippen LogP contribution in [0.15, 0.2) is 30.3 Å². The quantitative estimate of drug-likeness (QED) is 0.851. The zero-order chi connectivity index (χ0) is 12.8. The van der Waals surface area contributed by atoms with E-state index in [-0.39, 0.29) is 6.03 Å². The molecular formula is C14H21N3O. The first-order valence-corrected chi connectivity index (χ1v) is 6.52. The van der Waals surface area contributed by atoms with Crippen LogP contribution in [0.2, 0.25) is 0 Å². The molecule has 4 heteroatoms. The molecule has 0 bridgehead atoms. The molecule has 1 heterocycles. The summed E-state index contributed by atoms with van der Waals surface area (Å²) in [6.07, 6.45) is 2.06. The molecule has 2 N–H and O–H groups in total. The fourth-order valence-electron chi connectivity index (χ4n) is 2.33. The molecule has 1 fully saturated rings. The lowest BCUT2D eigenvalue weighted by atomic mass is 10.0. The van der Waals surface area contributed by atoms with Crippen molar-refractivity contribution in [3.63, 3.8) is 0 Å². The number of amides is 2. The molecule has 0 aliphatic carbocycles. The fraction of sp³-hybridized carbons (Fsp3) is 0.500. The largest absolute Gasteiger partial charge is 0.341 e. The van der Waals surface area contributed by atoms with Crippen molar-refractivity contribution in [2.75, 3.05) is 20.1 Å². The van der Waals surface area contributed by atoms with E-state index in [1.165, 1.54) is 5.56 Å². The van der Waals surface area contributed by atoms with Gasteiger partial charge in [0.2, 0.25) is 0 Å². The van der Waals surface area contributed by atoms with Crippen molar-refractivity contribution in [3.05, 3.63) is 35.9 Å². The highest BCUT2D eigenvalue weighted by Gasteiger charge is 2.20. The van der Waals surface area contributed by atoms with E-state index in [4.69, 9.17) is 0 Å². The van der Waals surface area contributed by atoms with Crippen LogP contribution in [0.5, 0.6) is 0 Å². The van der Waals surface area contributed by atoms with Crippen molar-refractivity contribution in [1.82, 2.24) is 15.5 Å². The third-order valence-corrected chi connectivity index (χ3v) is 3.40. The maximum absolute atomic E-state index is 11.2. The highest BCUT2D eigenvalue weighted by molar-refractivity contribution is 5.73. The molecule has 18 heavy (non-hydrogen) atoms. The van der Waals surface area contributed by atoms with Crippen molar-refractivity contribution in [2.24, 2.45) is 0 Å². The molecule has 0 saturated carbocycles. The first-order chi connectivity index (χ1) is 8.78. The molecule has 0 unspecified atom stereocenters. The van der Waals surface area contributed by atoms with Gasteiger partial charge in [-0.2, -0.15) is 0 Å². The molecule has 4 nitrogen and oxygen atoms in total. The second-order valence-corrected chi connectivity index (χ2v) is 4.76. The van der Waals surface area contributed by atoms with Crippen molar-refractivity contribution in [3.8, 4) is 0 Å². The number of carbonyl (C=O) groups is 1. The van der Waals surface area contributed by atoms with Crippen LogP contribution in [0.3, 0.4) is 0 Å². The summed E-state index contributed by atoms with van der Waals surface area (Å²) in [6.45, 7) is 3.10. The van der Waals surface area contributed by atoms with E-state index in [0.717, 1.165) is 32.5 Å². The lowest BCUT2D eigenvalue weighted by molar-refractivity contribution is 0.187. The Morgan fingerprint density at radius 3 is 2.56 bits per heavy atom. The number of piperidine rings is 1. The molecule has 1 aliphatic heterocycles. The second-order valence-electron chi connectivity index (χ2n) is 4.76. The number of benzene rings is 1. The predicted molar refractivity (Wildman–Crippen MR) is 72.3 cm³/mol. The summed E-state index contributed by atoms with van der Waals surface area (Å²) in [5.74, 6) is 0. The average Bonchev–Trinajstić information content (AvgIpc) is 2.42. The van der Waals surface area contributed by atoms with Gasteiger partial charge in [0.1, 0.15) is 0 Å². The summed E-state index contributed by atoms with van der Waals surface area (Å²) in [6, 6.07) is 10.8. The third kappa shape index (κ3) is 3.74. The lowest BCUT2D eigenvalue weighted by Crippen LogP contribution is -2.46. The minimum Gasteiger partial charge on any atom is -0.341 e. The minimum absolute atomic E-state index is 0.0727. The third-order valence-electron chi connectivity index (χ3n) is 3.40. The Kier molecular flexibility index (Phi) is 4.59. The summed E-state index contributed by atoms with van der Waals surface area (Å²) in [5.41, 5.74) is 1.36. The van der Waals surface area contributed by atoms with E-state index >= 15 is 0 Å². The molecule has 1 aromatic rings. The van der Waals surface area contributed by atoms with Gasteiger partial charge in [0, 0.05) is 32.7 Å². The first kappa shape index (κ1) is 12.9. The Labute approximate surface area is 108 Å². The number of rotatable bonds is 3. The maximum atomic E-state index is 11.2. The van der Waals surface area contributed by atoms with Crippen molar-refractivity contribution in [2.45, 2.75) is 25.4 Å². The number of likely N-dealkylation sites (tertiary alicyclic amines) is 1. The molecule has 0 radical (unpaired) electrons. The Bertz CT molecular complexity index is 372. The monoisotopic (exact) mass is 247 g/mol. The van der Waals surface area contributed by atoms with E-state index < -0.39 is 0 Å². The van der Waals surface area contributed by atoms with Gasteiger partial charge in [-0.1, -0.05) is 30.3 Å². The van der Waals surface area contributed by atoms with E-state index in [1.54, 1.807) is 7.05 Å². The molecule has 1 aliphatic rings. The molecule has 1 aromatic carbocycles. The summed E-state index contributed by atoms with van der Waals surface area (Å²) >= 11 is 0. The van der Waals surface area contributed by atoms with Gasteiger partial charge >= 0.3 is 6.03 Å². The average molecular weight is 247 g/mol. The van der Waals surface area contributed by atoms with Gasteiger partial charge in [-0.15, -0.1) is 0 Å². The first-order valence-electron chi connectivity index (χ1n) is 6.52. The molecule has 0 atom stereocenters. The number of urea groups is 1. The molecular weight excluding hydrogens is 226 g/mol. The SMILES string of the molecule is CNC(=O)NC1CCN(Cc2ccccc2)CC1. The van der Waals surface area contributed by atoms with Crippen LogP contribution in [-0.2, 0) is 6.54 Å². The zero-order valence-electron chi connectivity index (χ0n) is 10.9. The van der Waals surface area contributed by atoms with E-state index in [9.17, 15) is 4.79 Å². The van der Waals surface area contributed by atoms with Crippen molar-refractivity contribution >= 4 is 6.03 Å². The number of carbonyl (C=O) groups excluding carboxylic acids is 1. The highest BCUT2D eigenvalue weighted by Crippen LogP contribution is 2.13. The van der Waals surface area contributed by atoms with Gasteiger partial charge in [0.25, 0.3) is 0 Å². The minimum atomic E-state index is -0.0727. The topological polar surface area (TPSA) is 44.4 Å². The lowest BCUT2D eigenvalue weighted by Gasteiger charge is -2.32. The van der Waals surface area contributed by atoms with Crippen LogP contribution in [0.1, 0.15) is 18.4 Å². The van der Waals surface area contributed by atoms with E-state index in [0.29, 0.717) is 6.04 Å². The molecule has 0 spiro atoms. The normalized spacial score (nSPS) is 17.4. The molecule has 98 valence electrons. The molecule has 0 aromatic heterocycles. The Balaban J connectivity index is 1.75. The van der Waals surface area contributed by atoms with Crippen LogP contribution in [0.25, 0.3) is 0 Å². The van der Waals surface area contributed by atoms with Crippen LogP contribution >= 0.6 is 0 Å². The second kappa shape index (κ2) is 6.40. The fourth-order valence-corrected chi connectivity index (χ4v) is 2.33. The summed E-state index contributed by atoms with van der Waals surface area (Å²) < 4.78 is 0. The van der Waals surface area contributed by atoms with Gasteiger partial charge in [-0.3, -0.25) is 4.90 Å². The van der Waals surface area contributed by atoms with E-state index in [2.05, 4.69) is 39.8 Å². The Morgan fingerprint density at radius 2 is 1.94 bits per heavy atom. The predicted octanol–water partition coefficient (Wildman–Crippen LogP) is 1.58. The molecule has 1 saturated heterocycles. The summed E-state index contributed by atoms with van der Waals surface area (Å²) in [5, 5.41) is 5.58. The molecule has 2 rings (SSSR count). The van der Waals surface area contributed by atoms with Gasteiger partial charge in [-0.05, 0) is 18.4 Å². The van der Waals surface area contributed by atoms with Gasteiger partial charge in [-0.25, -0.2) is 4.79 Å².